The zero-order chi connectivity index (χ0) is 32.5. The zero-order valence-electron chi connectivity index (χ0n) is 26.9. The number of para-hydroxylation sites is 1. The summed E-state index contributed by atoms with van der Waals surface area (Å²) in [5, 5.41) is 11.2. The van der Waals surface area contributed by atoms with Gasteiger partial charge in [-0.1, -0.05) is 0 Å². The van der Waals surface area contributed by atoms with Gasteiger partial charge in [0, 0.05) is 0 Å². The van der Waals surface area contributed by atoms with Crippen molar-refractivity contribution < 1.29 is 4.42 Å². The average molecular weight is 616 g/mol. The molecule has 2 heterocycles. The van der Waals surface area contributed by atoms with Crippen LogP contribution in [0.5, 0.6) is 0 Å². The second kappa shape index (κ2) is 12.8. The van der Waals surface area contributed by atoms with Crippen LogP contribution in [-0.4, -0.2) is 12.6 Å². The number of furan rings is 1. The summed E-state index contributed by atoms with van der Waals surface area (Å²) >= 11 is 0. The normalized spacial score (nSPS) is 14.4. The predicted octanol–water partition coefficient (Wildman–Crippen LogP) is 11.8. The first-order valence-electron chi connectivity index (χ1n) is 16.5. The number of aryl methyl sites for hydroxylation is 1. The molecule has 0 saturated heterocycles. The van der Waals surface area contributed by atoms with Gasteiger partial charge in [-0.2, -0.15) is 0 Å². The van der Waals surface area contributed by atoms with Crippen LogP contribution in [0.4, 0.5) is 0 Å². The Kier molecular flexibility index (Phi) is 7.88. The number of nitrogens with one attached hydrogen (secondary N) is 1. The van der Waals surface area contributed by atoms with Crippen molar-refractivity contribution in [3.63, 3.8) is 0 Å². The van der Waals surface area contributed by atoms with Crippen molar-refractivity contribution >= 4 is 40.1 Å². The molecular formula is C45H34BNO. The fourth-order valence-corrected chi connectivity index (χ4v) is 6.85. The fraction of sp³-hybridized carbons (Fsp3) is 0.0667. The Morgan fingerprint density at radius 2 is 1.44 bits per heavy atom. The molecule has 228 valence electrons. The van der Waals surface area contributed by atoms with Gasteiger partial charge in [0.15, 0.2) is 0 Å². The van der Waals surface area contributed by atoms with Gasteiger partial charge < -0.3 is 0 Å². The molecule has 2 aromatic heterocycles. The van der Waals surface area contributed by atoms with Crippen LogP contribution in [0, 0.1) is 18.3 Å². The summed E-state index contributed by atoms with van der Waals surface area (Å²) in [6.45, 7) is 4.39. The third kappa shape index (κ3) is 5.80. The third-order valence-corrected chi connectivity index (χ3v) is 9.32. The second-order valence-electron chi connectivity index (χ2n) is 12.6. The standard InChI is InChI=1S/C45H34BNO/c1-30-12-8-17-33(26-30)37-20-10-21-39-38-25-24-36(28-44(38)48-45(37)39)42-23-11-22-41(46-42)35-19-9-18-34(27-35)40(31-13-4-2-5-14-31)29-43(47)32-15-6-3-7-16-32/h2-13,15-29,31,47H,14H2,1H3/b40-29-,47-43?. The molecule has 0 bridgehead atoms. The molecular weight excluding hydrogens is 581 g/mol. The zero-order valence-corrected chi connectivity index (χ0v) is 26.9. The molecule has 1 atom stereocenters. The maximum atomic E-state index is 8.90. The summed E-state index contributed by atoms with van der Waals surface area (Å²) in [4.78, 5) is 0. The van der Waals surface area contributed by atoms with E-state index in [0.717, 1.165) is 72.7 Å². The van der Waals surface area contributed by atoms with Gasteiger partial charge in [0.05, 0.1) is 0 Å². The van der Waals surface area contributed by atoms with E-state index in [9.17, 15) is 0 Å². The average Bonchev–Trinajstić information content (AvgIpc) is 3.53. The number of benzene rings is 5. The number of hydrogen-bond acceptors (Lipinski definition) is 2. The van der Waals surface area contributed by atoms with E-state index in [1.807, 2.05) is 36.4 Å². The Morgan fingerprint density at radius 3 is 2.25 bits per heavy atom. The van der Waals surface area contributed by atoms with Gasteiger partial charge in [0.2, 0.25) is 0 Å². The van der Waals surface area contributed by atoms with E-state index in [0.29, 0.717) is 5.71 Å². The molecule has 0 radical (unpaired) electrons. The topological polar surface area (TPSA) is 37.0 Å². The minimum absolute atomic E-state index is 0.211. The number of hydrogen-bond donors (Lipinski definition) is 1. The van der Waals surface area contributed by atoms with Crippen molar-refractivity contribution in [2.75, 3.05) is 0 Å². The van der Waals surface area contributed by atoms with Gasteiger partial charge in [0.1, 0.15) is 0 Å². The molecule has 2 nitrogen and oxygen atoms in total. The number of rotatable bonds is 7. The van der Waals surface area contributed by atoms with Gasteiger partial charge in [-0.15, -0.1) is 0 Å². The molecule has 0 spiro atoms. The third-order valence-electron chi connectivity index (χ3n) is 9.32. The Morgan fingerprint density at radius 1 is 0.688 bits per heavy atom. The van der Waals surface area contributed by atoms with Crippen molar-refractivity contribution in [1.82, 2.24) is 0 Å². The Balaban J connectivity index is 1.15. The van der Waals surface area contributed by atoms with Crippen molar-refractivity contribution in [2.45, 2.75) is 13.3 Å². The Bertz CT molecular complexity index is 2410. The second-order valence-corrected chi connectivity index (χ2v) is 12.6. The van der Waals surface area contributed by atoms with Crippen LogP contribution >= 0.6 is 0 Å². The van der Waals surface area contributed by atoms with Gasteiger partial charge in [-0.25, -0.2) is 0 Å². The Hall–Kier alpha value is -5.80. The molecule has 0 amide bonds. The molecule has 1 aliphatic rings. The molecule has 0 aliphatic heterocycles. The molecule has 1 N–H and O–H groups in total. The van der Waals surface area contributed by atoms with Crippen molar-refractivity contribution in [3.8, 4) is 33.2 Å². The van der Waals surface area contributed by atoms with Gasteiger partial charge in [-0.05, 0) is 0 Å². The molecule has 3 heteroatoms. The maximum absolute atomic E-state index is 8.90. The summed E-state index contributed by atoms with van der Waals surface area (Å²) in [5.74, 6) is 0.211. The van der Waals surface area contributed by atoms with Gasteiger partial charge >= 0.3 is 283 Å². The van der Waals surface area contributed by atoms with Crippen LogP contribution in [0.25, 0.3) is 60.7 Å². The monoisotopic (exact) mass is 615 g/mol. The van der Waals surface area contributed by atoms with Crippen LogP contribution < -0.4 is 0 Å². The van der Waals surface area contributed by atoms with Crippen LogP contribution in [0.3, 0.4) is 0 Å². The SMILES string of the molecule is Cc1cccc(-c2cccc3c2oc2cc(-c4bc(-c5cccc(/C(=C\C(=N)c6ccccc6)C6C=CC=CC6)c5)ccc4)ccc23)c1. The van der Waals surface area contributed by atoms with E-state index >= 15 is 0 Å². The van der Waals surface area contributed by atoms with Crippen LogP contribution in [-0.2, 0) is 0 Å². The van der Waals surface area contributed by atoms with E-state index < -0.39 is 0 Å². The first-order valence-corrected chi connectivity index (χ1v) is 16.5. The van der Waals surface area contributed by atoms with E-state index in [2.05, 4.69) is 141 Å². The minimum atomic E-state index is 0.211. The quantitative estimate of drug-likeness (QED) is 0.178. The summed E-state index contributed by atoms with van der Waals surface area (Å²) in [5.41, 5.74) is 13.6. The van der Waals surface area contributed by atoms with Crippen molar-refractivity contribution in [3.05, 3.63) is 181 Å². The van der Waals surface area contributed by atoms with Crippen LogP contribution in [0.2, 0.25) is 0 Å². The summed E-state index contributed by atoms with van der Waals surface area (Å²) in [6, 6.07) is 46.7. The summed E-state index contributed by atoms with van der Waals surface area (Å²) in [7, 11) is 0. The van der Waals surface area contributed by atoms with Crippen molar-refractivity contribution in [2.24, 2.45) is 5.92 Å². The van der Waals surface area contributed by atoms with E-state index in [1.54, 1.807) is 0 Å². The molecule has 5 aromatic carbocycles. The first kappa shape index (κ1) is 29.6. The van der Waals surface area contributed by atoms with Crippen LogP contribution in [0.15, 0.2) is 168 Å². The van der Waals surface area contributed by atoms with E-state index in [1.165, 1.54) is 11.1 Å². The summed E-state index contributed by atoms with van der Waals surface area (Å²) in [6.07, 6.45) is 11.6. The molecule has 7 aromatic rings. The fourth-order valence-electron chi connectivity index (χ4n) is 6.85. The van der Waals surface area contributed by atoms with E-state index in [-0.39, 0.29) is 5.92 Å². The van der Waals surface area contributed by atoms with Crippen LogP contribution in [0.1, 0.15) is 23.1 Å². The number of allylic oxidation sites excluding steroid dienone is 6. The Labute approximate surface area is 282 Å². The molecule has 1 aliphatic carbocycles. The molecule has 48 heavy (non-hydrogen) atoms. The first-order chi connectivity index (χ1) is 23.6. The predicted molar refractivity (Wildman–Crippen MR) is 204 cm³/mol. The van der Waals surface area contributed by atoms with Crippen molar-refractivity contribution in [1.29, 1.82) is 5.41 Å². The van der Waals surface area contributed by atoms with Gasteiger partial charge in [-0.3, -0.25) is 0 Å². The van der Waals surface area contributed by atoms with Gasteiger partial charge in [0.25, 0.3) is 0 Å². The molecule has 0 fully saturated rings. The molecule has 8 rings (SSSR count). The van der Waals surface area contributed by atoms with E-state index in [4.69, 9.17) is 9.83 Å². The molecule has 0 saturated carbocycles. The number of fused-ring (bicyclic) bond motifs is 3. The molecule has 1 unspecified atom stereocenters. The summed E-state index contributed by atoms with van der Waals surface area (Å²) < 4.78 is 6.58.